The number of halogens is 6. The summed E-state index contributed by atoms with van der Waals surface area (Å²) in [5, 5.41) is 16.8. The Hall–Kier alpha value is -2.90. The minimum Gasteiger partial charge on any atom is -0.474 e. The Bertz CT molecular complexity index is 990. The molecule has 0 aliphatic carbocycles. The third-order valence-corrected chi connectivity index (χ3v) is 4.68. The predicted octanol–water partition coefficient (Wildman–Crippen LogP) is 3.39. The Labute approximate surface area is 170 Å². The molecular weight excluding hydrogens is 438 g/mol. The Morgan fingerprint density at radius 2 is 1.87 bits per heavy atom. The summed E-state index contributed by atoms with van der Waals surface area (Å²) in [6, 6.07) is 0.473. The molecule has 0 aromatic carbocycles. The van der Waals surface area contributed by atoms with E-state index in [2.05, 4.69) is 15.2 Å². The maximum atomic E-state index is 13.6. The molecule has 0 spiro atoms. The average Bonchev–Trinajstić information content (AvgIpc) is 3.13. The fourth-order valence-electron chi connectivity index (χ4n) is 2.89. The van der Waals surface area contributed by atoms with Crippen LogP contribution in [0.3, 0.4) is 0 Å². The van der Waals surface area contributed by atoms with Crippen LogP contribution >= 0.6 is 0 Å². The van der Waals surface area contributed by atoms with Crippen LogP contribution in [0.1, 0.15) is 44.1 Å². The molecule has 170 valence electrons. The Morgan fingerprint density at radius 3 is 2.48 bits per heavy atom. The number of ether oxygens (including phenoxy) is 1. The number of hydrogen-bond acceptors (Lipinski definition) is 8. The van der Waals surface area contributed by atoms with Crippen LogP contribution in [0.4, 0.5) is 32.0 Å². The van der Waals surface area contributed by atoms with Gasteiger partial charge in [0.05, 0.1) is 11.8 Å². The number of nitrogens with zero attached hydrogens (tertiary/aromatic N) is 3. The standard InChI is InChI=1S/C17H16F6N4O4/c1-7-2-3-8(28)4-5-15(29,17(21,22)23)14-27-26-13(31-14)11-10(24)6-9(16(18,19)20)12(25-11)30-7/h6-7,29H,2-5,24H2,1H3/t7-,15-/m1/s1. The van der Waals surface area contributed by atoms with Crippen LogP contribution in [0.25, 0.3) is 11.6 Å². The molecule has 2 aromatic rings. The van der Waals surface area contributed by atoms with Crippen LogP contribution in [0.15, 0.2) is 10.5 Å². The molecule has 2 atom stereocenters. The number of anilines is 1. The van der Waals surface area contributed by atoms with Crippen molar-refractivity contribution in [2.75, 3.05) is 5.73 Å². The summed E-state index contributed by atoms with van der Waals surface area (Å²) in [5.41, 5.74) is -0.538. The molecule has 2 aromatic heterocycles. The summed E-state index contributed by atoms with van der Waals surface area (Å²) in [5.74, 6) is -3.64. The summed E-state index contributed by atoms with van der Waals surface area (Å²) >= 11 is 0. The topological polar surface area (TPSA) is 124 Å². The maximum absolute atomic E-state index is 13.6. The largest absolute Gasteiger partial charge is 0.474 e. The number of Topliss-reactive ketones (excluding diaryl/α,β-unsaturated/α-hetero) is 1. The van der Waals surface area contributed by atoms with Crippen molar-refractivity contribution >= 4 is 11.5 Å². The third-order valence-electron chi connectivity index (χ3n) is 4.68. The molecule has 8 nitrogen and oxygen atoms in total. The van der Waals surface area contributed by atoms with Crippen LogP contribution in [0.5, 0.6) is 5.88 Å². The van der Waals surface area contributed by atoms with Gasteiger partial charge in [-0.3, -0.25) is 4.79 Å². The van der Waals surface area contributed by atoms with E-state index >= 15 is 0 Å². The minimum atomic E-state index is -5.28. The Morgan fingerprint density at radius 1 is 1.19 bits per heavy atom. The number of fused-ring (bicyclic) bond motifs is 5. The number of carbonyl (C=O) groups is 1. The molecule has 0 amide bonds. The van der Waals surface area contributed by atoms with Crippen LogP contribution in [-0.4, -0.2) is 38.4 Å². The first-order valence-electron chi connectivity index (χ1n) is 8.92. The predicted molar refractivity (Wildman–Crippen MR) is 90.5 cm³/mol. The van der Waals surface area contributed by atoms with Crippen molar-refractivity contribution in [1.29, 1.82) is 0 Å². The van der Waals surface area contributed by atoms with E-state index < -0.39 is 77.3 Å². The van der Waals surface area contributed by atoms with E-state index in [1.165, 1.54) is 6.92 Å². The highest BCUT2D eigenvalue weighted by atomic mass is 19.4. The maximum Gasteiger partial charge on any atom is 0.426 e. The fourth-order valence-corrected chi connectivity index (χ4v) is 2.89. The van der Waals surface area contributed by atoms with Gasteiger partial charge in [-0.25, -0.2) is 4.98 Å². The zero-order valence-electron chi connectivity index (χ0n) is 15.8. The van der Waals surface area contributed by atoms with E-state index in [4.69, 9.17) is 14.9 Å². The Balaban J connectivity index is 2.20. The van der Waals surface area contributed by atoms with Crippen molar-refractivity contribution < 1.29 is 45.4 Å². The summed E-state index contributed by atoms with van der Waals surface area (Å²) in [6.45, 7) is 1.37. The van der Waals surface area contributed by atoms with Crippen LogP contribution < -0.4 is 10.5 Å². The molecule has 3 rings (SSSR count). The van der Waals surface area contributed by atoms with Gasteiger partial charge in [0.2, 0.25) is 11.5 Å². The van der Waals surface area contributed by atoms with Crippen LogP contribution in [0, 0.1) is 0 Å². The zero-order chi connectivity index (χ0) is 23.2. The highest BCUT2D eigenvalue weighted by molar-refractivity contribution is 5.78. The minimum absolute atomic E-state index is 0.0969. The number of nitrogens with two attached hydrogens (primary N) is 1. The molecular formula is C17H16F6N4O4. The van der Waals surface area contributed by atoms with Gasteiger partial charge in [0.15, 0.2) is 5.69 Å². The van der Waals surface area contributed by atoms with Gasteiger partial charge in [-0.2, -0.15) is 26.3 Å². The highest BCUT2D eigenvalue weighted by Crippen LogP contribution is 2.44. The molecule has 0 saturated heterocycles. The summed E-state index contributed by atoms with van der Waals surface area (Å²) in [7, 11) is 0. The molecule has 0 saturated carbocycles. The number of aliphatic hydroxyl groups is 1. The molecule has 0 radical (unpaired) electrons. The van der Waals surface area contributed by atoms with Gasteiger partial charge >= 0.3 is 12.4 Å². The van der Waals surface area contributed by atoms with E-state index in [9.17, 15) is 36.2 Å². The molecule has 3 heterocycles. The lowest BCUT2D eigenvalue weighted by Gasteiger charge is -2.26. The molecule has 3 N–H and O–H groups in total. The number of rotatable bonds is 0. The SMILES string of the molecule is C[C@@H]1CCC(=O)CC[C@](O)(C(F)(F)F)c2nnc(o2)-c2nc(c(C(F)(F)F)cc2N)O1. The van der Waals surface area contributed by atoms with Crippen molar-refractivity contribution in [3.8, 4) is 17.5 Å². The number of hydrogen-bond donors (Lipinski definition) is 2. The highest BCUT2D eigenvalue weighted by Gasteiger charge is 2.59. The summed E-state index contributed by atoms with van der Waals surface area (Å²) < 4.78 is 91.0. The molecule has 4 bridgehead atoms. The van der Waals surface area contributed by atoms with Crippen LogP contribution in [0.2, 0.25) is 0 Å². The van der Waals surface area contributed by atoms with Crippen molar-refractivity contribution in [1.82, 2.24) is 15.2 Å². The van der Waals surface area contributed by atoms with Gasteiger partial charge in [0.1, 0.15) is 11.3 Å². The Kier molecular flexibility index (Phi) is 5.63. The lowest BCUT2D eigenvalue weighted by atomic mass is 9.94. The normalized spacial score (nSPS) is 23.2. The number of ketones is 1. The van der Waals surface area contributed by atoms with Crippen molar-refractivity contribution in [2.24, 2.45) is 0 Å². The number of carbonyl (C=O) groups excluding carboxylic acids is 1. The van der Waals surface area contributed by atoms with E-state index in [1.54, 1.807) is 0 Å². The van der Waals surface area contributed by atoms with Crippen molar-refractivity contribution in [3.05, 3.63) is 17.5 Å². The number of nitrogen functional groups attached to an aromatic ring is 1. The number of alkyl halides is 6. The quantitative estimate of drug-likeness (QED) is 0.581. The number of aromatic nitrogens is 3. The first-order valence-corrected chi connectivity index (χ1v) is 8.92. The number of pyridine rings is 1. The first kappa shape index (κ1) is 22.8. The molecule has 0 unspecified atom stereocenters. The van der Waals surface area contributed by atoms with Crippen molar-refractivity contribution in [2.45, 2.75) is 56.7 Å². The van der Waals surface area contributed by atoms with E-state index in [1.807, 2.05) is 0 Å². The molecule has 31 heavy (non-hydrogen) atoms. The van der Waals surface area contributed by atoms with Crippen LogP contribution in [-0.2, 0) is 16.6 Å². The van der Waals surface area contributed by atoms with E-state index in [-0.39, 0.29) is 12.8 Å². The van der Waals surface area contributed by atoms with Gasteiger partial charge < -0.3 is 20.0 Å². The first-order chi connectivity index (χ1) is 14.2. The second-order valence-electron chi connectivity index (χ2n) is 7.05. The molecule has 1 aliphatic rings. The fraction of sp³-hybridized carbons (Fsp3) is 0.529. The molecule has 0 fully saturated rings. The van der Waals surface area contributed by atoms with Gasteiger partial charge in [-0.15, -0.1) is 10.2 Å². The molecule has 1 aliphatic heterocycles. The summed E-state index contributed by atoms with van der Waals surface area (Å²) in [6.07, 6.45) is -13.3. The third kappa shape index (κ3) is 4.43. The average molecular weight is 454 g/mol. The zero-order valence-corrected chi connectivity index (χ0v) is 15.8. The van der Waals surface area contributed by atoms with Gasteiger partial charge in [0, 0.05) is 19.3 Å². The van der Waals surface area contributed by atoms with E-state index in [0.29, 0.717) is 6.07 Å². The lowest BCUT2D eigenvalue weighted by molar-refractivity contribution is -0.276. The smallest absolute Gasteiger partial charge is 0.426 e. The van der Waals surface area contributed by atoms with Crippen molar-refractivity contribution in [3.63, 3.8) is 0 Å². The van der Waals surface area contributed by atoms with E-state index in [0.717, 1.165) is 0 Å². The second kappa shape index (κ2) is 7.66. The monoisotopic (exact) mass is 454 g/mol. The van der Waals surface area contributed by atoms with Gasteiger partial charge in [0.25, 0.3) is 11.8 Å². The van der Waals surface area contributed by atoms with Gasteiger partial charge in [-0.1, -0.05) is 0 Å². The molecule has 14 heteroatoms. The van der Waals surface area contributed by atoms with Gasteiger partial charge in [-0.05, 0) is 19.4 Å². The second-order valence-corrected chi connectivity index (χ2v) is 7.05. The lowest BCUT2D eigenvalue weighted by Crippen LogP contribution is -2.43. The summed E-state index contributed by atoms with van der Waals surface area (Å²) in [4.78, 5) is 15.7.